The fourth-order valence-electron chi connectivity index (χ4n) is 3.91. The molecule has 0 spiro atoms. The highest BCUT2D eigenvalue weighted by atomic mass is 16.5. The molecule has 1 saturated heterocycles. The highest BCUT2D eigenvalue weighted by Crippen LogP contribution is 2.40. The minimum Gasteiger partial charge on any atom is -0.493 e. The summed E-state index contributed by atoms with van der Waals surface area (Å²) in [5.74, 6) is 1.79. The van der Waals surface area contributed by atoms with Gasteiger partial charge in [0.05, 0.1) is 32.8 Å². The molecule has 0 aliphatic carbocycles. The molecule has 0 N–H and O–H groups in total. The van der Waals surface area contributed by atoms with Gasteiger partial charge in [-0.1, -0.05) is 18.2 Å². The maximum Gasteiger partial charge on any atom is 0.313 e. The number of benzene rings is 2. The van der Waals surface area contributed by atoms with Gasteiger partial charge in [-0.15, -0.1) is 0 Å². The van der Waals surface area contributed by atoms with E-state index in [1.807, 2.05) is 49.5 Å². The van der Waals surface area contributed by atoms with E-state index in [1.54, 1.807) is 7.11 Å². The van der Waals surface area contributed by atoms with Gasteiger partial charge in [-0.2, -0.15) is 0 Å². The predicted molar refractivity (Wildman–Crippen MR) is 114 cm³/mol. The monoisotopic (exact) mass is 412 g/mol. The number of ether oxygens (including phenoxy) is 4. The summed E-state index contributed by atoms with van der Waals surface area (Å²) in [6, 6.07) is 13.4. The van der Waals surface area contributed by atoms with Crippen molar-refractivity contribution in [1.29, 1.82) is 0 Å². The molecule has 7 nitrogen and oxygen atoms in total. The summed E-state index contributed by atoms with van der Waals surface area (Å²) < 4.78 is 22.4. The second kappa shape index (κ2) is 9.36. The van der Waals surface area contributed by atoms with Crippen molar-refractivity contribution >= 4 is 11.7 Å². The Bertz CT molecular complexity index is 882. The lowest BCUT2D eigenvalue weighted by Gasteiger charge is -2.34. The van der Waals surface area contributed by atoms with Gasteiger partial charge in [-0.25, -0.2) is 0 Å². The van der Waals surface area contributed by atoms with Gasteiger partial charge in [0, 0.05) is 44.0 Å². The number of nitrogens with zero attached hydrogens (tertiary/aromatic N) is 2. The van der Waals surface area contributed by atoms with Crippen molar-refractivity contribution in [1.82, 2.24) is 4.90 Å². The maximum absolute atomic E-state index is 12.1. The van der Waals surface area contributed by atoms with Crippen molar-refractivity contribution in [2.24, 2.45) is 0 Å². The molecule has 0 aromatic heterocycles. The zero-order chi connectivity index (χ0) is 20.9. The first-order valence-corrected chi connectivity index (χ1v) is 10.3. The zero-order valence-electron chi connectivity index (χ0n) is 17.5. The Morgan fingerprint density at radius 3 is 2.73 bits per heavy atom. The molecule has 0 bridgehead atoms. The molecule has 1 fully saturated rings. The van der Waals surface area contributed by atoms with Crippen molar-refractivity contribution < 1.29 is 23.7 Å². The van der Waals surface area contributed by atoms with Crippen molar-refractivity contribution in [3.05, 3.63) is 48.0 Å². The number of carbonyl (C=O) groups excluding carboxylic acids is 1. The number of morpholine rings is 1. The van der Waals surface area contributed by atoms with Crippen LogP contribution in [0.25, 0.3) is 0 Å². The predicted octanol–water partition coefficient (Wildman–Crippen LogP) is 2.89. The van der Waals surface area contributed by atoms with E-state index in [1.165, 1.54) is 0 Å². The van der Waals surface area contributed by atoms with E-state index >= 15 is 0 Å². The molecule has 160 valence electrons. The van der Waals surface area contributed by atoms with Crippen molar-refractivity contribution in [2.45, 2.75) is 12.5 Å². The molecule has 2 heterocycles. The number of fused-ring (bicyclic) bond motifs is 1. The Hall–Kier alpha value is -2.77. The van der Waals surface area contributed by atoms with E-state index in [0.717, 1.165) is 44.1 Å². The molecule has 1 unspecified atom stereocenters. The van der Waals surface area contributed by atoms with E-state index in [4.69, 9.17) is 18.9 Å². The second-order valence-electron chi connectivity index (χ2n) is 7.48. The normalized spacial score (nSPS) is 19.0. The number of methoxy groups -OCH3 is 1. The number of esters is 1. The van der Waals surface area contributed by atoms with Gasteiger partial charge in [0.25, 0.3) is 0 Å². The van der Waals surface area contributed by atoms with Gasteiger partial charge in [0.15, 0.2) is 11.5 Å². The molecular formula is C23H28N2O5. The topological polar surface area (TPSA) is 60.5 Å². The molecule has 2 aliphatic rings. The van der Waals surface area contributed by atoms with Crippen LogP contribution >= 0.6 is 0 Å². The number of hydrogen-bond acceptors (Lipinski definition) is 7. The van der Waals surface area contributed by atoms with Gasteiger partial charge < -0.3 is 23.8 Å². The van der Waals surface area contributed by atoms with Crippen LogP contribution in [0.15, 0.2) is 42.5 Å². The second-order valence-corrected chi connectivity index (χ2v) is 7.48. The molecule has 7 heteroatoms. The van der Waals surface area contributed by atoms with Crippen LogP contribution < -0.4 is 19.1 Å². The largest absolute Gasteiger partial charge is 0.493 e. The van der Waals surface area contributed by atoms with Gasteiger partial charge in [-0.05, 0) is 18.2 Å². The van der Waals surface area contributed by atoms with Crippen LogP contribution in [0.1, 0.15) is 18.0 Å². The third-order valence-corrected chi connectivity index (χ3v) is 5.65. The molecule has 0 saturated carbocycles. The van der Waals surface area contributed by atoms with Crippen LogP contribution in [-0.4, -0.2) is 64.5 Å². The SMILES string of the molecule is COc1ccc(N(C)C2CC(=O)Oc3ccccc32)cc1OCCN1CCOCC1. The third-order valence-electron chi connectivity index (χ3n) is 5.65. The number of hydrogen-bond donors (Lipinski definition) is 0. The molecule has 30 heavy (non-hydrogen) atoms. The van der Waals surface area contributed by atoms with Gasteiger partial charge in [-0.3, -0.25) is 9.69 Å². The van der Waals surface area contributed by atoms with Crippen LogP contribution in [0.5, 0.6) is 17.2 Å². The smallest absolute Gasteiger partial charge is 0.313 e. The van der Waals surface area contributed by atoms with Gasteiger partial charge >= 0.3 is 5.97 Å². The first-order valence-electron chi connectivity index (χ1n) is 10.3. The average Bonchev–Trinajstić information content (AvgIpc) is 2.78. The van der Waals surface area contributed by atoms with Crippen LogP contribution in [-0.2, 0) is 9.53 Å². The van der Waals surface area contributed by atoms with Crippen molar-refractivity contribution in [3.8, 4) is 17.2 Å². The molecule has 0 amide bonds. The third kappa shape index (κ3) is 4.52. The van der Waals surface area contributed by atoms with Crippen molar-refractivity contribution in [2.75, 3.05) is 58.5 Å². The fraction of sp³-hybridized carbons (Fsp3) is 0.435. The lowest BCUT2D eigenvalue weighted by molar-refractivity contribution is -0.135. The minimum absolute atomic E-state index is 0.1000. The van der Waals surface area contributed by atoms with Crippen molar-refractivity contribution in [3.63, 3.8) is 0 Å². The number of rotatable bonds is 7. The van der Waals surface area contributed by atoms with E-state index in [9.17, 15) is 4.79 Å². The van der Waals surface area contributed by atoms with Gasteiger partial charge in [0.2, 0.25) is 0 Å². The summed E-state index contributed by atoms with van der Waals surface area (Å²) in [5, 5.41) is 0. The highest BCUT2D eigenvalue weighted by molar-refractivity contribution is 5.77. The van der Waals surface area contributed by atoms with Crippen LogP contribution in [0, 0.1) is 0 Å². The lowest BCUT2D eigenvalue weighted by Crippen LogP contribution is -2.38. The molecule has 2 aromatic rings. The molecule has 0 radical (unpaired) electrons. The summed E-state index contributed by atoms with van der Waals surface area (Å²) >= 11 is 0. The minimum atomic E-state index is -0.221. The number of anilines is 1. The van der Waals surface area contributed by atoms with Gasteiger partial charge in [0.1, 0.15) is 12.4 Å². The molecule has 1 atom stereocenters. The summed E-state index contributed by atoms with van der Waals surface area (Å²) in [5.41, 5.74) is 1.96. The summed E-state index contributed by atoms with van der Waals surface area (Å²) in [6.45, 7) is 4.82. The zero-order valence-corrected chi connectivity index (χ0v) is 17.5. The first-order chi connectivity index (χ1) is 14.7. The Morgan fingerprint density at radius 1 is 1.13 bits per heavy atom. The maximum atomic E-state index is 12.1. The van der Waals surface area contributed by atoms with E-state index in [-0.39, 0.29) is 12.0 Å². The summed E-state index contributed by atoms with van der Waals surface area (Å²) in [6.07, 6.45) is 0.298. The van der Waals surface area contributed by atoms with Crippen LogP contribution in [0.2, 0.25) is 0 Å². The van der Waals surface area contributed by atoms with E-state index < -0.39 is 0 Å². The fourth-order valence-corrected chi connectivity index (χ4v) is 3.91. The van der Waals surface area contributed by atoms with Crippen LogP contribution in [0.4, 0.5) is 5.69 Å². The quantitative estimate of drug-likeness (QED) is 0.512. The Balaban J connectivity index is 1.50. The Kier molecular flexibility index (Phi) is 6.40. The Labute approximate surface area is 177 Å². The number of para-hydroxylation sites is 1. The molecule has 2 aromatic carbocycles. The molecular weight excluding hydrogens is 384 g/mol. The summed E-state index contributed by atoms with van der Waals surface area (Å²) in [4.78, 5) is 16.5. The highest BCUT2D eigenvalue weighted by Gasteiger charge is 2.30. The summed E-state index contributed by atoms with van der Waals surface area (Å²) in [7, 11) is 3.63. The van der Waals surface area contributed by atoms with E-state index in [0.29, 0.717) is 30.3 Å². The molecule has 2 aliphatic heterocycles. The standard InChI is InChI=1S/C23H28N2O5/c1-24(19-16-23(26)30-20-6-4-3-5-18(19)20)17-7-8-21(27-2)22(15-17)29-14-11-25-9-12-28-13-10-25/h3-8,15,19H,9-14,16H2,1-2H3. The first kappa shape index (κ1) is 20.5. The Morgan fingerprint density at radius 2 is 1.93 bits per heavy atom. The number of carbonyl (C=O) groups is 1. The van der Waals surface area contributed by atoms with E-state index in [2.05, 4.69) is 9.80 Å². The lowest BCUT2D eigenvalue weighted by atomic mass is 9.98. The average molecular weight is 412 g/mol. The van der Waals surface area contributed by atoms with Crippen LogP contribution in [0.3, 0.4) is 0 Å². The molecule has 4 rings (SSSR count).